The highest BCUT2D eigenvalue weighted by Crippen LogP contribution is 2.19. The number of hydrogen-bond acceptors (Lipinski definition) is 4. The average molecular weight is 347 g/mol. The van der Waals surface area contributed by atoms with E-state index in [2.05, 4.69) is 9.88 Å². The van der Waals surface area contributed by atoms with Crippen LogP contribution in [0.2, 0.25) is 0 Å². The first kappa shape index (κ1) is 19.0. The highest BCUT2D eigenvalue weighted by Gasteiger charge is 2.22. The Morgan fingerprint density at radius 2 is 1.73 bits per heavy atom. The molecule has 2 aliphatic rings. The Balaban J connectivity index is 0.00000121. The lowest BCUT2D eigenvalue weighted by molar-refractivity contribution is 0.0714. The second-order valence-electron chi connectivity index (χ2n) is 5.73. The van der Waals surface area contributed by atoms with Gasteiger partial charge in [0, 0.05) is 38.4 Å². The molecule has 0 aliphatic carbocycles. The summed E-state index contributed by atoms with van der Waals surface area (Å²) in [6, 6.07) is 4.11. The van der Waals surface area contributed by atoms with Gasteiger partial charge in [0.1, 0.15) is 5.82 Å². The van der Waals surface area contributed by atoms with Crippen LogP contribution in [0.15, 0.2) is 18.3 Å². The fraction of sp³-hybridized carbons (Fsp3) is 0.600. The number of carbonyl (C=O) groups is 1. The van der Waals surface area contributed by atoms with E-state index in [0.717, 1.165) is 44.8 Å². The molecule has 1 amide bonds. The molecule has 2 saturated heterocycles. The van der Waals surface area contributed by atoms with E-state index in [-0.39, 0.29) is 36.8 Å². The summed E-state index contributed by atoms with van der Waals surface area (Å²) in [4.78, 5) is 21.0. The predicted octanol–water partition coefficient (Wildman–Crippen LogP) is 2.09. The third-order valence-corrected chi connectivity index (χ3v) is 4.25. The molecule has 22 heavy (non-hydrogen) atoms. The molecule has 0 aromatic carbocycles. The van der Waals surface area contributed by atoms with E-state index in [9.17, 15) is 4.79 Å². The average Bonchev–Trinajstić information content (AvgIpc) is 3.02. The van der Waals surface area contributed by atoms with Gasteiger partial charge in [-0.25, -0.2) is 4.98 Å². The van der Waals surface area contributed by atoms with Crippen LogP contribution in [0, 0.1) is 0 Å². The van der Waals surface area contributed by atoms with E-state index in [1.165, 1.54) is 12.8 Å². The van der Waals surface area contributed by atoms with Crippen LogP contribution in [0.4, 0.5) is 5.82 Å². The lowest BCUT2D eigenvalue weighted by Gasteiger charge is -2.30. The SMILES string of the molecule is Cl.Cl.NC1CCN(C(=O)c2ccc(N3CCCC3)nc2)CC1. The summed E-state index contributed by atoms with van der Waals surface area (Å²) in [6.07, 6.45) is 5.97. The smallest absolute Gasteiger partial charge is 0.255 e. The molecule has 0 atom stereocenters. The second kappa shape index (κ2) is 8.56. The maximum Gasteiger partial charge on any atom is 0.255 e. The molecule has 124 valence electrons. The van der Waals surface area contributed by atoms with Crippen molar-refractivity contribution < 1.29 is 4.79 Å². The molecule has 2 aliphatic heterocycles. The van der Waals surface area contributed by atoms with Gasteiger partial charge in [-0.1, -0.05) is 0 Å². The molecule has 0 radical (unpaired) electrons. The minimum Gasteiger partial charge on any atom is -0.357 e. The standard InChI is InChI=1S/C15H22N4O.2ClH/c16-13-5-9-19(10-6-13)15(20)12-3-4-14(17-11-12)18-7-1-2-8-18;;/h3-4,11,13H,1-2,5-10,16H2;2*1H. The fourth-order valence-corrected chi connectivity index (χ4v) is 2.93. The summed E-state index contributed by atoms with van der Waals surface area (Å²) in [5.41, 5.74) is 6.55. The van der Waals surface area contributed by atoms with Crippen LogP contribution in [0.25, 0.3) is 0 Å². The van der Waals surface area contributed by atoms with Crippen LogP contribution in [0.1, 0.15) is 36.0 Å². The molecule has 0 spiro atoms. The van der Waals surface area contributed by atoms with Gasteiger partial charge in [-0.3, -0.25) is 4.79 Å². The molecule has 1 aromatic rings. The number of hydrogen-bond donors (Lipinski definition) is 1. The molecule has 5 nitrogen and oxygen atoms in total. The van der Waals surface area contributed by atoms with Gasteiger partial charge in [0.2, 0.25) is 0 Å². The maximum absolute atomic E-state index is 12.4. The van der Waals surface area contributed by atoms with Gasteiger partial charge in [0.15, 0.2) is 0 Å². The summed E-state index contributed by atoms with van der Waals surface area (Å²) >= 11 is 0. The summed E-state index contributed by atoms with van der Waals surface area (Å²) in [6.45, 7) is 3.66. The summed E-state index contributed by atoms with van der Waals surface area (Å²) < 4.78 is 0. The summed E-state index contributed by atoms with van der Waals surface area (Å²) in [7, 11) is 0. The van der Waals surface area contributed by atoms with E-state index in [1.54, 1.807) is 6.20 Å². The summed E-state index contributed by atoms with van der Waals surface area (Å²) in [5.74, 6) is 1.07. The van der Waals surface area contributed by atoms with Crippen molar-refractivity contribution in [2.45, 2.75) is 31.7 Å². The Labute approximate surface area is 144 Å². The third-order valence-electron chi connectivity index (χ3n) is 4.25. The number of carbonyl (C=O) groups excluding carboxylic acids is 1. The van der Waals surface area contributed by atoms with Gasteiger partial charge >= 0.3 is 0 Å². The van der Waals surface area contributed by atoms with Crippen molar-refractivity contribution in [2.75, 3.05) is 31.1 Å². The maximum atomic E-state index is 12.4. The number of amides is 1. The van der Waals surface area contributed by atoms with Crippen molar-refractivity contribution in [1.82, 2.24) is 9.88 Å². The van der Waals surface area contributed by atoms with E-state index in [4.69, 9.17) is 5.73 Å². The molecule has 2 fully saturated rings. The molecule has 2 N–H and O–H groups in total. The zero-order valence-corrected chi connectivity index (χ0v) is 14.2. The molecule has 0 bridgehead atoms. The molecular formula is C15H24Cl2N4O. The largest absolute Gasteiger partial charge is 0.357 e. The highest BCUT2D eigenvalue weighted by atomic mass is 35.5. The molecule has 3 heterocycles. The number of rotatable bonds is 2. The first-order valence-corrected chi connectivity index (χ1v) is 7.50. The molecular weight excluding hydrogens is 323 g/mol. The number of pyridine rings is 1. The van der Waals surface area contributed by atoms with Crippen LogP contribution in [0.3, 0.4) is 0 Å². The fourth-order valence-electron chi connectivity index (χ4n) is 2.93. The zero-order chi connectivity index (χ0) is 13.9. The highest BCUT2D eigenvalue weighted by molar-refractivity contribution is 5.94. The van der Waals surface area contributed by atoms with Gasteiger partial charge in [-0.2, -0.15) is 0 Å². The predicted molar refractivity (Wildman–Crippen MR) is 93.3 cm³/mol. The van der Waals surface area contributed by atoms with Gasteiger partial charge < -0.3 is 15.5 Å². The zero-order valence-electron chi connectivity index (χ0n) is 12.6. The van der Waals surface area contributed by atoms with Crippen molar-refractivity contribution in [3.8, 4) is 0 Å². The minimum atomic E-state index is 0. The third kappa shape index (κ3) is 4.24. The van der Waals surface area contributed by atoms with E-state index in [1.807, 2.05) is 17.0 Å². The Kier molecular flexibility index (Phi) is 7.39. The number of aromatic nitrogens is 1. The first-order valence-electron chi connectivity index (χ1n) is 7.50. The second-order valence-corrected chi connectivity index (χ2v) is 5.73. The van der Waals surface area contributed by atoms with E-state index < -0.39 is 0 Å². The number of likely N-dealkylation sites (tertiary alicyclic amines) is 1. The lowest BCUT2D eigenvalue weighted by atomic mass is 10.1. The summed E-state index contributed by atoms with van der Waals surface area (Å²) in [5, 5.41) is 0. The van der Waals surface area contributed by atoms with Crippen LogP contribution in [-0.4, -0.2) is 48.0 Å². The van der Waals surface area contributed by atoms with Crippen LogP contribution in [-0.2, 0) is 0 Å². The normalized spacial score (nSPS) is 18.6. The van der Waals surface area contributed by atoms with Gasteiger partial charge in [0.05, 0.1) is 5.56 Å². The quantitative estimate of drug-likeness (QED) is 0.890. The van der Waals surface area contributed by atoms with E-state index in [0.29, 0.717) is 5.56 Å². The molecule has 1 aromatic heterocycles. The Morgan fingerprint density at radius 3 is 2.27 bits per heavy atom. The number of nitrogens with two attached hydrogens (primary N) is 1. The van der Waals surface area contributed by atoms with Gasteiger partial charge in [-0.05, 0) is 37.8 Å². The molecule has 7 heteroatoms. The van der Waals surface area contributed by atoms with Crippen molar-refractivity contribution in [2.24, 2.45) is 5.73 Å². The minimum absolute atomic E-state index is 0. The number of nitrogens with zero attached hydrogens (tertiary/aromatic N) is 3. The van der Waals surface area contributed by atoms with Crippen LogP contribution < -0.4 is 10.6 Å². The Bertz CT molecular complexity index is 469. The van der Waals surface area contributed by atoms with Crippen molar-refractivity contribution in [3.63, 3.8) is 0 Å². The molecule has 0 unspecified atom stereocenters. The first-order chi connectivity index (χ1) is 9.74. The van der Waals surface area contributed by atoms with Crippen molar-refractivity contribution >= 4 is 36.5 Å². The Hall–Kier alpha value is -1.04. The monoisotopic (exact) mass is 346 g/mol. The number of anilines is 1. The number of halogens is 2. The van der Waals surface area contributed by atoms with Crippen LogP contribution >= 0.6 is 24.8 Å². The van der Waals surface area contributed by atoms with E-state index >= 15 is 0 Å². The van der Waals surface area contributed by atoms with Crippen molar-refractivity contribution in [1.29, 1.82) is 0 Å². The lowest BCUT2D eigenvalue weighted by Crippen LogP contribution is -2.42. The molecule has 0 saturated carbocycles. The Morgan fingerprint density at radius 1 is 1.09 bits per heavy atom. The van der Waals surface area contributed by atoms with Crippen molar-refractivity contribution in [3.05, 3.63) is 23.9 Å². The van der Waals surface area contributed by atoms with Crippen LogP contribution in [0.5, 0.6) is 0 Å². The number of piperidine rings is 1. The van der Waals surface area contributed by atoms with Gasteiger partial charge in [0.25, 0.3) is 5.91 Å². The topological polar surface area (TPSA) is 62.5 Å². The molecule has 3 rings (SSSR count). The van der Waals surface area contributed by atoms with Gasteiger partial charge in [-0.15, -0.1) is 24.8 Å².